The highest BCUT2D eigenvalue weighted by Crippen LogP contribution is 2.66. The molecule has 1 aromatic rings. The Labute approximate surface area is 145 Å². The predicted molar refractivity (Wildman–Crippen MR) is 87.3 cm³/mol. The van der Waals surface area contributed by atoms with E-state index in [2.05, 4.69) is 4.98 Å². The predicted octanol–water partition coefficient (Wildman–Crippen LogP) is 2.39. The van der Waals surface area contributed by atoms with E-state index in [4.69, 9.17) is 9.47 Å². The number of ketones is 1. The van der Waals surface area contributed by atoms with Crippen LogP contribution in [0.3, 0.4) is 0 Å². The number of H-pyrrole nitrogens is 1. The van der Waals surface area contributed by atoms with Crippen LogP contribution in [0.4, 0.5) is 4.79 Å². The Hall–Kier alpha value is -2.57. The molecule has 3 aliphatic rings. The third-order valence-electron chi connectivity index (χ3n) is 5.09. The second-order valence-corrected chi connectivity index (χ2v) is 7.82. The Kier molecular flexibility index (Phi) is 3.02. The van der Waals surface area contributed by atoms with Gasteiger partial charge in [-0.25, -0.2) is 9.59 Å². The quantitative estimate of drug-likeness (QED) is 0.790. The third kappa shape index (κ3) is 2.14. The molecule has 7 nitrogen and oxygen atoms in total. The van der Waals surface area contributed by atoms with Crippen LogP contribution in [0.5, 0.6) is 0 Å². The molecule has 132 valence electrons. The summed E-state index contributed by atoms with van der Waals surface area (Å²) in [6.45, 7) is 5.95. The number of methoxy groups -OCH3 is 1. The number of likely N-dealkylation sites (tertiary alicyclic amines) is 1. The second kappa shape index (κ2) is 4.74. The first-order valence-corrected chi connectivity index (χ1v) is 8.26. The molecule has 0 bridgehead atoms. The van der Waals surface area contributed by atoms with Crippen molar-refractivity contribution in [3.8, 4) is 0 Å². The van der Waals surface area contributed by atoms with Crippen LogP contribution in [-0.2, 0) is 14.9 Å². The lowest BCUT2D eigenvalue weighted by molar-refractivity contribution is 0.0322. The van der Waals surface area contributed by atoms with E-state index in [0.29, 0.717) is 17.9 Å². The summed E-state index contributed by atoms with van der Waals surface area (Å²) in [5.74, 6) is -0.523. The van der Waals surface area contributed by atoms with E-state index in [1.807, 2.05) is 20.8 Å². The Morgan fingerprint density at radius 1 is 1.36 bits per heavy atom. The van der Waals surface area contributed by atoms with Gasteiger partial charge in [0, 0.05) is 23.7 Å². The highest BCUT2D eigenvalue weighted by atomic mass is 16.6. The van der Waals surface area contributed by atoms with Crippen molar-refractivity contribution in [3.05, 3.63) is 34.8 Å². The van der Waals surface area contributed by atoms with Crippen LogP contribution < -0.4 is 0 Å². The zero-order valence-corrected chi connectivity index (χ0v) is 14.6. The number of allylic oxidation sites excluding steroid dienone is 2. The van der Waals surface area contributed by atoms with Crippen molar-refractivity contribution in [2.45, 2.75) is 38.2 Å². The van der Waals surface area contributed by atoms with E-state index >= 15 is 0 Å². The van der Waals surface area contributed by atoms with E-state index in [0.717, 1.165) is 12.0 Å². The number of ether oxygens (including phenoxy) is 2. The van der Waals surface area contributed by atoms with Crippen LogP contribution in [0.2, 0.25) is 0 Å². The zero-order chi connectivity index (χ0) is 18.1. The average Bonchev–Trinajstić information content (AvgIpc) is 2.90. The van der Waals surface area contributed by atoms with Crippen LogP contribution >= 0.6 is 0 Å². The van der Waals surface area contributed by atoms with Gasteiger partial charge in [0.2, 0.25) is 5.78 Å². The van der Waals surface area contributed by atoms with Gasteiger partial charge in [-0.15, -0.1) is 0 Å². The summed E-state index contributed by atoms with van der Waals surface area (Å²) >= 11 is 0. The van der Waals surface area contributed by atoms with Crippen molar-refractivity contribution >= 4 is 17.8 Å². The Morgan fingerprint density at radius 2 is 2.08 bits per heavy atom. The zero-order valence-electron chi connectivity index (χ0n) is 14.6. The van der Waals surface area contributed by atoms with Gasteiger partial charge >= 0.3 is 12.1 Å². The molecule has 1 spiro atoms. The molecule has 2 fully saturated rings. The minimum absolute atomic E-state index is 0.236. The number of amides is 1. The van der Waals surface area contributed by atoms with Crippen molar-refractivity contribution in [2.75, 3.05) is 13.7 Å². The monoisotopic (exact) mass is 344 g/mol. The summed E-state index contributed by atoms with van der Waals surface area (Å²) in [6.07, 6.45) is 1.92. The molecule has 4 rings (SSSR count). The van der Waals surface area contributed by atoms with Gasteiger partial charge in [-0.3, -0.25) is 9.69 Å². The minimum atomic E-state index is -0.604. The summed E-state index contributed by atoms with van der Waals surface area (Å²) in [6, 6.07) is 1.69. The molecule has 2 aliphatic carbocycles. The normalized spacial score (nSPS) is 26.4. The van der Waals surface area contributed by atoms with Gasteiger partial charge in [0.05, 0.1) is 12.8 Å². The number of hydrogen-bond acceptors (Lipinski definition) is 5. The van der Waals surface area contributed by atoms with Crippen molar-refractivity contribution in [1.82, 2.24) is 9.88 Å². The van der Waals surface area contributed by atoms with Gasteiger partial charge in [-0.2, -0.15) is 0 Å². The van der Waals surface area contributed by atoms with Crippen LogP contribution in [0, 0.1) is 5.92 Å². The van der Waals surface area contributed by atoms with Gasteiger partial charge in [0.25, 0.3) is 0 Å². The van der Waals surface area contributed by atoms with Crippen LogP contribution in [0.1, 0.15) is 53.7 Å². The smallest absolute Gasteiger partial charge is 0.414 e. The van der Waals surface area contributed by atoms with E-state index in [-0.39, 0.29) is 22.8 Å². The first kappa shape index (κ1) is 15.9. The number of carbonyl (C=O) groups excluding carboxylic acids is 3. The molecule has 2 heterocycles. The highest BCUT2D eigenvalue weighted by Gasteiger charge is 2.68. The van der Waals surface area contributed by atoms with Gasteiger partial charge < -0.3 is 14.5 Å². The lowest BCUT2D eigenvalue weighted by Crippen LogP contribution is -2.37. The molecule has 2 atom stereocenters. The summed E-state index contributed by atoms with van der Waals surface area (Å²) in [7, 11) is 1.30. The minimum Gasteiger partial charge on any atom is -0.464 e. The molecule has 1 saturated carbocycles. The number of nitrogens with zero attached hydrogens (tertiary/aromatic N) is 1. The van der Waals surface area contributed by atoms with E-state index in [1.165, 1.54) is 13.2 Å². The summed E-state index contributed by atoms with van der Waals surface area (Å²) in [5.41, 5.74) is 1.16. The van der Waals surface area contributed by atoms with Crippen molar-refractivity contribution in [3.63, 3.8) is 0 Å². The lowest BCUT2D eigenvalue weighted by atomic mass is 9.85. The number of nitrogens with one attached hydrogen (secondary N) is 1. The lowest BCUT2D eigenvalue weighted by Gasteiger charge is -2.30. The molecule has 1 saturated heterocycles. The summed E-state index contributed by atoms with van der Waals surface area (Å²) in [5, 5.41) is 0. The van der Waals surface area contributed by atoms with Gasteiger partial charge in [-0.05, 0) is 44.7 Å². The molecule has 1 amide bonds. The molecule has 25 heavy (non-hydrogen) atoms. The van der Waals surface area contributed by atoms with Crippen molar-refractivity contribution in [1.29, 1.82) is 0 Å². The van der Waals surface area contributed by atoms with Gasteiger partial charge in [0.1, 0.15) is 11.3 Å². The molecular formula is C18H20N2O5. The van der Waals surface area contributed by atoms with Crippen LogP contribution in [0.25, 0.3) is 0 Å². The van der Waals surface area contributed by atoms with Crippen molar-refractivity contribution in [2.24, 2.45) is 5.92 Å². The second-order valence-electron chi connectivity index (χ2n) is 7.82. The summed E-state index contributed by atoms with van der Waals surface area (Å²) < 4.78 is 10.2. The third-order valence-corrected chi connectivity index (χ3v) is 5.09. The number of hydrogen-bond donors (Lipinski definition) is 1. The van der Waals surface area contributed by atoms with Gasteiger partial charge in [0.15, 0.2) is 0 Å². The molecule has 1 aliphatic heterocycles. The van der Waals surface area contributed by atoms with Crippen molar-refractivity contribution < 1.29 is 23.9 Å². The largest absolute Gasteiger partial charge is 0.464 e. The van der Waals surface area contributed by atoms with E-state index in [1.54, 1.807) is 11.0 Å². The fourth-order valence-electron chi connectivity index (χ4n) is 4.00. The topological polar surface area (TPSA) is 88.7 Å². The maximum atomic E-state index is 12.5. The number of fused-ring (bicyclic) bond motifs is 1. The fourth-order valence-corrected chi connectivity index (χ4v) is 4.00. The Balaban J connectivity index is 1.72. The molecule has 7 heteroatoms. The number of carbonyl (C=O) groups is 3. The number of esters is 1. The number of piperidine rings is 1. The first-order chi connectivity index (χ1) is 11.7. The fraction of sp³-hybridized carbons (Fsp3) is 0.500. The van der Waals surface area contributed by atoms with Crippen LogP contribution in [0.15, 0.2) is 17.8 Å². The number of aromatic nitrogens is 1. The molecule has 0 aromatic carbocycles. The standard InChI is InChI=1S/C18H20N2O5/c1-17(2,3)25-16(23)20-8-9-7-18(9)10-5-11(15(22)24-4)19-14(10)12(21)6-13(18)20/h5-6,9,19H,7-8H2,1-4H3/t9-,18-/m1/s1. The number of rotatable bonds is 1. The highest BCUT2D eigenvalue weighted by molar-refractivity contribution is 6.09. The maximum Gasteiger partial charge on any atom is 0.414 e. The molecule has 1 aromatic heterocycles. The molecular weight excluding hydrogens is 324 g/mol. The Bertz CT molecular complexity index is 844. The number of aromatic amines is 1. The van der Waals surface area contributed by atoms with E-state index < -0.39 is 17.7 Å². The first-order valence-electron chi connectivity index (χ1n) is 8.26. The van der Waals surface area contributed by atoms with Gasteiger partial charge in [-0.1, -0.05) is 0 Å². The SMILES string of the molecule is COC(=O)c1cc2c([nH]1)C(=O)C=C1N(C(=O)OC(C)(C)C)C[C@H]3C[C@]123. The average molecular weight is 344 g/mol. The molecule has 0 radical (unpaired) electrons. The summed E-state index contributed by atoms with van der Waals surface area (Å²) in [4.78, 5) is 41.3. The van der Waals surface area contributed by atoms with E-state index in [9.17, 15) is 14.4 Å². The molecule has 1 N–H and O–H groups in total. The molecule has 0 unspecified atom stereocenters. The Morgan fingerprint density at radius 3 is 2.72 bits per heavy atom. The van der Waals surface area contributed by atoms with Crippen LogP contribution in [-0.4, -0.2) is 47.0 Å². The maximum absolute atomic E-state index is 12.5.